The summed E-state index contributed by atoms with van der Waals surface area (Å²) in [6.07, 6.45) is 3.88. The molecule has 10 heteroatoms. The number of aryl methyl sites for hydroxylation is 1. The number of methoxy groups -OCH3 is 2. The number of benzene rings is 1. The number of carboxylic acid groups (broad SMARTS) is 1. The minimum Gasteiger partial charge on any atom is -0.548 e. The molecule has 0 unspecified atom stereocenters. The van der Waals surface area contributed by atoms with E-state index < -0.39 is 12.5 Å². The molecule has 1 aromatic carbocycles. The quantitative estimate of drug-likeness (QED) is 0.212. The maximum absolute atomic E-state index is 13.4. The Morgan fingerprint density at radius 3 is 2.56 bits per heavy atom. The van der Waals surface area contributed by atoms with Crippen molar-refractivity contribution in [2.24, 2.45) is 0 Å². The summed E-state index contributed by atoms with van der Waals surface area (Å²) in [5, 5.41) is 12.6. The fourth-order valence-corrected chi connectivity index (χ4v) is 5.36. The van der Waals surface area contributed by atoms with Crippen LogP contribution < -0.4 is 45.0 Å². The van der Waals surface area contributed by atoms with Gasteiger partial charge < -0.3 is 28.8 Å². The molecule has 2 aromatic heterocycles. The predicted molar refractivity (Wildman–Crippen MR) is 128 cm³/mol. The van der Waals surface area contributed by atoms with Gasteiger partial charge in [0, 0.05) is 37.1 Å². The van der Waals surface area contributed by atoms with Crippen LogP contribution in [0.3, 0.4) is 0 Å². The Bertz CT molecular complexity index is 1260. The van der Waals surface area contributed by atoms with Crippen LogP contribution in [-0.2, 0) is 20.8 Å². The molecule has 0 aliphatic heterocycles. The van der Waals surface area contributed by atoms with E-state index in [1.165, 1.54) is 11.8 Å². The van der Waals surface area contributed by atoms with Gasteiger partial charge in [0.2, 0.25) is 0 Å². The molecule has 0 atom stereocenters. The molecule has 34 heavy (non-hydrogen) atoms. The molecule has 1 fully saturated rings. The van der Waals surface area contributed by atoms with E-state index in [9.17, 15) is 14.7 Å². The van der Waals surface area contributed by atoms with Gasteiger partial charge in [0.1, 0.15) is 11.5 Å². The predicted octanol–water partition coefficient (Wildman–Crippen LogP) is -1.04. The number of hydrogen-bond donors (Lipinski definition) is 0. The molecule has 3 aromatic rings. The van der Waals surface area contributed by atoms with Gasteiger partial charge >= 0.3 is 29.6 Å². The largest absolute Gasteiger partial charge is 1.00 e. The molecule has 0 radical (unpaired) electrons. The van der Waals surface area contributed by atoms with E-state index in [0.29, 0.717) is 40.9 Å². The first-order valence-electron chi connectivity index (χ1n) is 10.9. The van der Waals surface area contributed by atoms with E-state index in [1.54, 1.807) is 30.9 Å². The third-order valence-electron chi connectivity index (χ3n) is 6.37. The molecule has 0 spiro atoms. The van der Waals surface area contributed by atoms with Crippen LogP contribution in [0.4, 0.5) is 5.82 Å². The van der Waals surface area contributed by atoms with Gasteiger partial charge in [0.05, 0.1) is 36.1 Å². The first kappa shape index (κ1) is 27.0. The van der Waals surface area contributed by atoms with E-state index in [-0.39, 0.29) is 47.1 Å². The number of carbonyl (C=O) groups excluding carboxylic acids is 1. The normalized spacial score (nSPS) is 17.4. The number of nitrogens with zero attached hydrogens (tertiary/aromatic N) is 3. The molecule has 0 amide bonds. The maximum Gasteiger partial charge on any atom is 1.00 e. The number of anilines is 1. The molecular weight excluding hydrogens is 465 g/mol. The summed E-state index contributed by atoms with van der Waals surface area (Å²) in [5.41, 5.74) is 1.75. The maximum atomic E-state index is 13.4. The molecular formula is C24H28N3NaO5S. The summed E-state index contributed by atoms with van der Waals surface area (Å²) in [4.78, 5) is 33.0. The minimum absolute atomic E-state index is 0. The van der Waals surface area contributed by atoms with Crippen molar-refractivity contribution in [3.8, 4) is 0 Å². The number of aliphatic carboxylic acids is 1. The van der Waals surface area contributed by atoms with Crippen LogP contribution in [0.2, 0.25) is 0 Å². The number of aromatic nitrogens is 2. The Morgan fingerprint density at radius 1 is 1.24 bits per heavy atom. The van der Waals surface area contributed by atoms with Gasteiger partial charge in [0.25, 0.3) is 0 Å². The summed E-state index contributed by atoms with van der Waals surface area (Å²) in [7, 11) is 3.37. The van der Waals surface area contributed by atoms with E-state index in [0.717, 1.165) is 23.3 Å². The van der Waals surface area contributed by atoms with Crippen molar-refractivity contribution in [2.75, 3.05) is 38.5 Å². The van der Waals surface area contributed by atoms with Gasteiger partial charge in [-0.2, -0.15) is 0 Å². The topological polar surface area (TPSA) is 96.7 Å². The average Bonchev–Trinajstić information content (AvgIpc) is 2.77. The van der Waals surface area contributed by atoms with E-state index in [2.05, 4.69) is 4.90 Å². The number of hydrogen-bond acceptors (Lipinski definition) is 8. The summed E-state index contributed by atoms with van der Waals surface area (Å²) < 4.78 is 12.4. The molecule has 1 aliphatic rings. The molecule has 0 N–H and O–H groups in total. The fourth-order valence-electron chi connectivity index (χ4n) is 4.55. The second-order valence-electron chi connectivity index (χ2n) is 8.31. The van der Waals surface area contributed by atoms with Crippen molar-refractivity contribution >= 4 is 45.5 Å². The van der Waals surface area contributed by atoms with Gasteiger partial charge in [-0.05, 0) is 49.8 Å². The van der Waals surface area contributed by atoms with Crippen molar-refractivity contribution < 1.29 is 48.9 Å². The molecule has 2 heterocycles. The van der Waals surface area contributed by atoms with E-state index >= 15 is 0 Å². The van der Waals surface area contributed by atoms with Crippen molar-refractivity contribution in [2.45, 2.75) is 43.4 Å². The number of carboxylic acids is 1. The van der Waals surface area contributed by atoms with Crippen molar-refractivity contribution in [3.63, 3.8) is 0 Å². The summed E-state index contributed by atoms with van der Waals surface area (Å²) in [5.74, 6) is -0.552. The zero-order valence-corrected chi connectivity index (χ0v) is 23.1. The van der Waals surface area contributed by atoms with Gasteiger partial charge in [-0.15, -0.1) is 11.8 Å². The summed E-state index contributed by atoms with van der Waals surface area (Å²) >= 11 is 1.48. The van der Waals surface area contributed by atoms with E-state index in [1.807, 2.05) is 25.3 Å². The molecule has 176 valence electrons. The molecule has 8 nitrogen and oxygen atoms in total. The Kier molecular flexibility index (Phi) is 9.05. The van der Waals surface area contributed by atoms with Crippen LogP contribution in [0.1, 0.15) is 18.4 Å². The number of carbonyl (C=O) groups is 1. The second-order valence-corrected chi connectivity index (χ2v) is 9.13. The van der Waals surface area contributed by atoms with Gasteiger partial charge in [-0.3, -0.25) is 4.79 Å². The number of pyridine rings is 2. The monoisotopic (exact) mass is 493 g/mol. The van der Waals surface area contributed by atoms with Crippen molar-refractivity contribution in [3.05, 3.63) is 40.1 Å². The van der Waals surface area contributed by atoms with Crippen molar-refractivity contribution in [1.29, 1.82) is 0 Å². The van der Waals surface area contributed by atoms with Crippen LogP contribution in [0.25, 0.3) is 21.9 Å². The SMILES string of the molecule is COCCN(c1ccc2c(=O)c3ccc(C)c(SC)c3n(CC(=O)[O-])c2n1)C1CC(OC)C1.[Na+]. The Hall–Kier alpha value is -1.62. The average molecular weight is 494 g/mol. The standard InChI is InChI=1S/C24H29N3O5S.Na/c1-14-5-6-17-21(23(14)33-4)27(13-20(28)29)24-18(22(17)30)7-8-19(25-24)26(9-10-31-2)15-11-16(12-15)32-3;/h5-8,15-16H,9-13H2,1-4H3,(H,28,29);/q;+1/p-1. The van der Waals surface area contributed by atoms with Gasteiger partial charge in [-0.25, -0.2) is 4.98 Å². The first-order chi connectivity index (χ1) is 15.9. The zero-order valence-electron chi connectivity index (χ0n) is 20.3. The van der Waals surface area contributed by atoms with Crippen LogP contribution in [-0.4, -0.2) is 61.3 Å². The number of rotatable bonds is 9. The number of thioether (sulfide) groups is 1. The van der Waals surface area contributed by atoms with Gasteiger partial charge in [-0.1, -0.05) is 6.07 Å². The van der Waals surface area contributed by atoms with Crippen LogP contribution >= 0.6 is 11.8 Å². The Labute approximate surface area is 224 Å². The first-order valence-corrected chi connectivity index (χ1v) is 12.1. The van der Waals surface area contributed by atoms with E-state index in [4.69, 9.17) is 14.5 Å². The fraction of sp³-hybridized carbons (Fsp3) is 0.458. The van der Waals surface area contributed by atoms with Crippen molar-refractivity contribution in [1.82, 2.24) is 9.55 Å². The second kappa shape index (κ2) is 11.4. The number of fused-ring (bicyclic) bond motifs is 2. The van der Waals surface area contributed by atoms with Crippen LogP contribution in [0.5, 0.6) is 0 Å². The Balaban J connectivity index is 0.00000324. The molecule has 0 bridgehead atoms. The number of ether oxygens (including phenoxy) is 2. The Morgan fingerprint density at radius 2 is 1.94 bits per heavy atom. The van der Waals surface area contributed by atoms with Crippen LogP contribution in [0, 0.1) is 6.92 Å². The third-order valence-corrected chi connectivity index (χ3v) is 7.29. The van der Waals surface area contributed by atoms with Gasteiger partial charge in [0.15, 0.2) is 5.43 Å². The summed E-state index contributed by atoms with van der Waals surface area (Å²) in [6.45, 7) is 2.70. The zero-order chi connectivity index (χ0) is 23.7. The molecule has 1 saturated carbocycles. The van der Waals surface area contributed by atoms with Crippen LogP contribution in [0.15, 0.2) is 34.0 Å². The minimum atomic E-state index is -1.24. The molecule has 4 rings (SSSR count). The molecule has 1 aliphatic carbocycles. The smallest absolute Gasteiger partial charge is 0.548 e. The molecule has 0 saturated heterocycles. The third kappa shape index (κ3) is 5.01. The summed E-state index contributed by atoms with van der Waals surface area (Å²) in [6, 6.07) is 7.47.